The van der Waals surface area contributed by atoms with E-state index in [1.54, 1.807) is 28.6 Å². The fourth-order valence-corrected chi connectivity index (χ4v) is 20.4. The standard InChI is InChI=1S/C32H29N6O5PS.C20H20N6O5S2.C14H16N6O6S.C5H5NOS.BrH/c1-43-36-26(28-35-32(33)45-37-28)29(39)34-25-24-18-17-20(27(31(41)42)38(24)30(25)40)19-44(21-11-5-2-6-12-21,22-13-7-3-8-14-22)23-15-9-4-10-16-23;1-9-11(22-8-33-9)5-3-10-4-6-13-15(18(28)26(13)16(10)19(29)30)24-17(27)14(25-31-2)12-7-32-20(21)23-12;1-26-18-8(10-17-14(15)27-19-10)11(22)16-7-6-3-2-5(4-21)9(13(24)25)20(6)12(7)23;1-4-5(2-7)6-3-8-4;/h2-16,24-25H,17-19H2,1H3,(H3-,33,34,35,37,39,41,42);3,5,7-8,13,15H,4,6H2,1-2H3,(H2,21,23)(H,24,27)(H,29,30);6-7,21H,2-4H2,1H3,(H,16,22)(H,24,25)(H2,15,17,19);2-3H,1H3;1H/b36-26+;5-3-,25-14+;18-8+;;/t24?,25-;13?,15-;6?,7-;;/m000../s1. The van der Waals surface area contributed by atoms with Gasteiger partial charge in [0.1, 0.15) is 91.1 Å². The highest BCUT2D eigenvalue weighted by molar-refractivity contribution is 7.95. The van der Waals surface area contributed by atoms with E-state index in [0.717, 1.165) is 76.9 Å². The number of aliphatic carboxylic acids is 3. The number of anilines is 3. The molecule has 3 saturated heterocycles. The van der Waals surface area contributed by atoms with Crippen molar-refractivity contribution in [3.8, 4) is 0 Å². The summed E-state index contributed by atoms with van der Waals surface area (Å²) in [4.78, 5) is 164. The van der Waals surface area contributed by atoms with Crippen molar-refractivity contribution in [1.29, 1.82) is 0 Å². The van der Waals surface area contributed by atoms with E-state index in [9.17, 15) is 68.4 Å². The number of aromatic nitrogens is 7. The number of nitrogens with zero attached hydrogens (tertiary/aromatic N) is 13. The number of allylic oxidation sites excluding steroid dienone is 3. The van der Waals surface area contributed by atoms with Gasteiger partial charge in [0.15, 0.2) is 27.4 Å². The van der Waals surface area contributed by atoms with Crippen molar-refractivity contribution in [3.63, 3.8) is 0 Å². The van der Waals surface area contributed by atoms with Crippen molar-refractivity contribution in [1.82, 2.24) is 64.3 Å². The number of halogens is 1. The average molecular weight is 1730 g/mol. The number of nitrogens with two attached hydrogens (primary N) is 3. The van der Waals surface area contributed by atoms with E-state index in [1.807, 2.05) is 68.4 Å². The number of fused-ring (bicyclic) bond motifs is 3. The molecule has 6 atom stereocenters. The number of carbonyl (C=O) groups is 10. The van der Waals surface area contributed by atoms with Gasteiger partial charge in [-0.1, -0.05) is 76.1 Å². The first-order valence-electron chi connectivity index (χ1n) is 34.0. The molecule has 114 heavy (non-hydrogen) atoms. The number of hydrogen-bond acceptors (Lipinski definition) is 32. The zero-order chi connectivity index (χ0) is 80.9. The molecule has 0 spiro atoms. The number of amides is 6. The molecule has 11 heterocycles. The summed E-state index contributed by atoms with van der Waals surface area (Å²) in [5, 5.41) is 63.3. The number of benzene rings is 3. The number of nitrogen functional groups attached to an aromatic ring is 3. The summed E-state index contributed by atoms with van der Waals surface area (Å²) in [6.45, 7) is 3.35. The summed E-state index contributed by atoms with van der Waals surface area (Å²) in [6.07, 6.45) is 7.21. The van der Waals surface area contributed by atoms with Crippen molar-refractivity contribution < 1.29 is 99.9 Å². The van der Waals surface area contributed by atoms with Crippen LogP contribution in [0.25, 0.3) is 6.08 Å². The van der Waals surface area contributed by atoms with Gasteiger partial charge in [-0.25, -0.2) is 29.3 Å². The third-order valence-electron chi connectivity index (χ3n) is 18.6. The lowest BCUT2D eigenvalue weighted by molar-refractivity contribution is -0.155. The Morgan fingerprint density at radius 1 is 0.544 bits per heavy atom. The van der Waals surface area contributed by atoms with Crippen molar-refractivity contribution >= 4 is 178 Å². The number of carboxylic acids is 3. The normalized spacial score (nSPS) is 19.1. The van der Waals surface area contributed by atoms with Gasteiger partial charge in [-0.2, -0.15) is 18.7 Å². The summed E-state index contributed by atoms with van der Waals surface area (Å²) in [6, 6.07) is 26.2. The van der Waals surface area contributed by atoms with Crippen LogP contribution in [0.5, 0.6) is 0 Å². The van der Waals surface area contributed by atoms with Gasteiger partial charge in [0.05, 0.1) is 47.6 Å². The van der Waals surface area contributed by atoms with E-state index >= 15 is 0 Å². The second-order valence-electron chi connectivity index (χ2n) is 25.0. The average Bonchev–Trinajstić information content (AvgIpc) is 0.909. The van der Waals surface area contributed by atoms with Gasteiger partial charge in [0.25, 0.3) is 35.4 Å². The molecule has 14 rings (SSSR count). The molecule has 0 aliphatic carbocycles. The number of aryl methyl sites for hydroxylation is 2. The molecule has 0 bridgehead atoms. The molecular weight excluding hydrogens is 1660 g/mol. The Morgan fingerprint density at radius 2 is 0.939 bits per heavy atom. The summed E-state index contributed by atoms with van der Waals surface area (Å²) < 4.78 is 7.91. The number of aliphatic hydroxyl groups excluding tert-OH is 1. The van der Waals surface area contributed by atoms with Crippen LogP contribution in [0.2, 0.25) is 0 Å². The first-order chi connectivity index (χ1) is 54.4. The lowest BCUT2D eigenvalue weighted by atomic mass is 9.83. The van der Waals surface area contributed by atoms with E-state index in [1.165, 1.54) is 53.8 Å². The van der Waals surface area contributed by atoms with Crippen LogP contribution in [0.3, 0.4) is 0 Å². The second-order valence-corrected chi connectivity index (χ2v) is 33.1. The quantitative estimate of drug-likeness (QED) is 0.0127. The number of carbonyl (C=O) groups excluding carboxylic acids is 7. The molecule has 13 N–H and O–H groups in total. The molecule has 43 heteroatoms. The molecule has 0 saturated carbocycles. The number of thiazole rings is 3. The van der Waals surface area contributed by atoms with Gasteiger partial charge < -0.3 is 85.1 Å². The number of aliphatic hydroxyl groups is 1. The fourth-order valence-electron chi connectivity index (χ4n) is 13.5. The van der Waals surface area contributed by atoms with E-state index in [-0.39, 0.29) is 89.5 Å². The molecular formula is C71H71BrN19O17PS5. The Labute approximate surface area is 679 Å². The Morgan fingerprint density at radius 3 is 1.30 bits per heavy atom. The monoisotopic (exact) mass is 1730 g/mol. The number of β-lactam (4-membered cyclic amide) rings is 3. The zero-order valence-corrected chi connectivity index (χ0v) is 67.3. The number of hydrogen-bond donors (Lipinski definition) is 10. The lowest BCUT2D eigenvalue weighted by Crippen LogP contribution is -3.00. The van der Waals surface area contributed by atoms with Crippen LogP contribution in [0.1, 0.15) is 81.8 Å². The summed E-state index contributed by atoms with van der Waals surface area (Å²) in [5.74, 6) is -7.48. The minimum Gasteiger partial charge on any atom is -1.00 e. The maximum absolute atomic E-state index is 13.6. The van der Waals surface area contributed by atoms with Crippen molar-refractivity contribution in [3.05, 3.63) is 186 Å². The van der Waals surface area contributed by atoms with Crippen molar-refractivity contribution in [2.75, 3.05) is 51.3 Å². The van der Waals surface area contributed by atoms with Crippen LogP contribution >= 0.6 is 64.3 Å². The predicted molar refractivity (Wildman–Crippen MR) is 420 cm³/mol. The number of nitrogens with one attached hydrogen (secondary N) is 3. The number of rotatable bonds is 24. The van der Waals surface area contributed by atoms with Crippen LogP contribution in [0.4, 0.5) is 15.4 Å². The Kier molecular flexibility index (Phi) is 28.0. The molecule has 0 radical (unpaired) electrons. The van der Waals surface area contributed by atoms with Gasteiger partial charge in [0, 0.05) is 38.2 Å². The van der Waals surface area contributed by atoms with Gasteiger partial charge in [-0.05, 0) is 112 Å². The van der Waals surface area contributed by atoms with Crippen LogP contribution < -0.4 is 66.0 Å². The van der Waals surface area contributed by atoms with Crippen LogP contribution in [0, 0.1) is 13.8 Å². The predicted octanol–water partition coefficient (Wildman–Crippen LogP) is 0.234. The molecule has 8 aromatic rings. The van der Waals surface area contributed by atoms with Gasteiger partial charge in [-0.3, -0.25) is 48.3 Å². The zero-order valence-electron chi connectivity index (χ0n) is 60.8. The van der Waals surface area contributed by atoms with E-state index in [4.69, 9.17) is 26.9 Å². The minimum atomic E-state index is -2.41. The molecule has 3 aromatic carbocycles. The highest BCUT2D eigenvalue weighted by atomic mass is 79.9. The molecule has 36 nitrogen and oxygen atoms in total. The first-order valence-corrected chi connectivity index (χ1v) is 40.2. The maximum Gasteiger partial charge on any atom is 0.352 e. The highest BCUT2D eigenvalue weighted by Gasteiger charge is 2.58. The Hall–Kier alpha value is -11.8. The second kappa shape index (κ2) is 37.7. The van der Waals surface area contributed by atoms with E-state index < -0.39 is 103 Å². The molecule has 6 amide bonds. The summed E-state index contributed by atoms with van der Waals surface area (Å²) in [7, 11) is 1.38. The van der Waals surface area contributed by atoms with Crippen molar-refractivity contribution in [2.24, 2.45) is 15.5 Å². The Balaban J connectivity index is 0.000000176. The number of aldehydes is 1. The number of carboxylic acid groups (broad SMARTS) is 3. The van der Waals surface area contributed by atoms with Gasteiger partial charge in [0.2, 0.25) is 23.1 Å². The minimum absolute atomic E-state index is 0. The topological polar surface area (TPSA) is 530 Å². The molecule has 6 aliphatic heterocycles. The smallest absolute Gasteiger partial charge is 0.352 e. The summed E-state index contributed by atoms with van der Waals surface area (Å²) in [5.41, 5.74) is 22.3. The molecule has 3 unspecified atom stereocenters. The number of oxime groups is 3. The van der Waals surface area contributed by atoms with Gasteiger partial charge >= 0.3 is 17.9 Å². The SMILES string of the molecule is CO/N=C(/C(=O)N[C@@H]1C(=O)N2C(C(=O)O)=C(/C=C\c3ncsc3C)CCC12)c1csc(N)n1.CO/N=C(/C(=O)N[C@@H]1C(=O)N2C(C(=O)O)=C(CO)CCC12)c1nsc(N)n1.CO/N=C(/C(=O)N[C@@H]1C(=O)N2C(C(=O)O)=C(C[P+](c3ccccc3)(c3ccccc3)c3ccccc3)CCC12)c1nsc(N)n1.Cc1scnc1C=O.[Br-]. The van der Waals surface area contributed by atoms with E-state index in [0.29, 0.717) is 61.5 Å². The highest BCUT2D eigenvalue weighted by Crippen LogP contribution is 2.58. The van der Waals surface area contributed by atoms with E-state index in [2.05, 4.69) is 106 Å². The molecule has 6 aliphatic rings. The maximum atomic E-state index is 13.6. The lowest BCUT2D eigenvalue weighted by Gasteiger charge is -2.50. The van der Waals surface area contributed by atoms with Gasteiger partial charge in [-0.15, -0.1) is 34.0 Å². The van der Waals surface area contributed by atoms with Crippen molar-refractivity contribution in [2.45, 2.75) is 88.6 Å². The summed E-state index contributed by atoms with van der Waals surface area (Å²) >= 11 is 5.88. The third-order valence-corrected chi connectivity index (χ3v) is 26.3. The van der Waals surface area contributed by atoms with Crippen LogP contribution in [-0.2, 0) is 57.7 Å². The van der Waals surface area contributed by atoms with Crippen LogP contribution in [0.15, 0.2) is 163 Å². The largest absolute Gasteiger partial charge is 1.00 e. The third kappa shape index (κ3) is 17.8. The molecule has 594 valence electrons. The fraction of sp³-hybridized carbons (Fsp3) is 0.268. The Bertz CT molecular complexity index is 5130. The van der Waals surface area contributed by atoms with Crippen LogP contribution in [-0.4, -0.2) is 216 Å². The first kappa shape index (κ1) is 84.7. The molecule has 3 fully saturated rings. The molecule has 5 aromatic heterocycles.